The van der Waals surface area contributed by atoms with Crippen LogP contribution in [0, 0.1) is 5.92 Å². The first-order valence-electron chi connectivity index (χ1n) is 7.15. The van der Waals surface area contributed by atoms with Gasteiger partial charge in [-0.3, -0.25) is 9.59 Å². The van der Waals surface area contributed by atoms with Crippen molar-refractivity contribution in [3.63, 3.8) is 0 Å². The molecule has 0 saturated heterocycles. The average molecular weight is 297 g/mol. The number of pyridine rings is 1. The number of rotatable bonds is 5. The highest BCUT2D eigenvalue weighted by molar-refractivity contribution is 6.00. The Labute approximate surface area is 129 Å². The molecule has 22 heavy (non-hydrogen) atoms. The smallest absolute Gasteiger partial charge is 0.251 e. The van der Waals surface area contributed by atoms with Gasteiger partial charge in [-0.2, -0.15) is 0 Å². The summed E-state index contributed by atoms with van der Waals surface area (Å²) < 4.78 is 0. The lowest BCUT2D eigenvalue weighted by molar-refractivity contribution is -0.118. The predicted molar refractivity (Wildman–Crippen MR) is 85.4 cm³/mol. The summed E-state index contributed by atoms with van der Waals surface area (Å²) in [6, 6.07) is 13.5. The summed E-state index contributed by atoms with van der Waals surface area (Å²) in [5.41, 5.74) is 0.527. The molecule has 0 aliphatic rings. The van der Waals surface area contributed by atoms with Crippen LogP contribution in [-0.2, 0) is 4.79 Å². The molecule has 1 heterocycles. The zero-order chi connectivity index (χ0) is 15.9. The maximum Gasteiger partial charge on any atom is 0.251 e. The number of nitrogens with one attached hydrogen (secondary N) is 2. The fourth-order valence-corrected chi connectivity index (χ4v) is 1.99. The molecule has 1 atom stereocenters. The third-order valence-electron chi connectivity index (χ3n) is 3.19. The molecular weight excluding hydrogens is 278 g/mol. The molecule has 0 saturated carbocycles. The summed E-state index contributed by atoms with van der Waals surface area (Å²) in [4.78, 5) is 28.6. The van der Waals surface area contributed by atoms with Gasteiger partial charge in [-0.1, -0.05) is 38.1 Å². The largest absolute Gasteiger partial charge is 0.340 e. The highest BCUT2D eigenvalue weighted by atomic mass is 16.2. The number of nitrogens with zero attached hydrogens (tertiary/aromatic N) is 1. The number of amides is 2. The molecule has 2 N–H and O–H groups in total. The first kappa shape index (κ1) is 15.7. The van der Waals surface area contributed by atoms with Gasteiger partial charge in [0.2, 0.25) is 5.91 Å². The van der Waals surface area contributed by atoms with Crippen molar-refractivity contribution in [3.05, 3.63) is 60.3 Å². The van der Waals surface area contributed by atoms with Gasteiger partial charge in [-0.15, -0.1) is 0 Å². The van der Waals surface area contributed by atoms with Gasteiger partial charge >= 0.3 is 0 Å². The van der Waals surface area contributed by atoms with Gasteiger partial charge in [0.1, 0.15) is 11.9 Å². The van der Waals surface area contributed by atoms with Crippen LogP contribution in [0.4, 0.5) is 5.82 Å². The molecule has 5 nitrogen and oxygen atoms in total. The number of anilines is 1. The highest BCUT2D eigenvalue weighted by Gasteiger charge is 2.24. The van der Waals surface area contributed by atoms with Crippen molar-refractivity contribution in [3.8, 4) is 0 Å². The van der Waals surface area contributed by atoms with Crippen molar-refractivity contribution in [2.45, 2.75) is 19.9 Å². The van der Waals surface area contributed by atoms with E-state index in [1.54, 1.807) is 48.7 Å². The second-order valence-electron chi connectivity index (χ2n) is 5.27. The maximum absolute atomic E-state index is 12.4. The zero-order valence-corrected chi connectivity index (χ0v) is 12.6. The van der Waals surface area contributed by atoms with Crippen LogP contribution in [0.2, 0.25) is 0 Å². The number of hydrogen-bond donors (Lipinski definition) is 2. The summed E-state index contributed by atoms with van der Waals surface area (Å²) in [5, 5.41) is 5.49. The molecule has 1 unspecified atom stereocenters. The molecule has 0 aliphatic heterocycles. The van der Waals surface area contributed by atoms with Gasteiger partial charge in [0.25, 0.3) is 5.91 Å². The molecule has 0 radical (unpaired) electrons. The SMILES string of the molecule is CC(C)C(NC(=O)c1ccccc1)C(=O)Nc1ccccn1. The Bertz CT molecular complexity index is 627. The van der Waals surface area contributed by atoms with Crippen LogP contribution in [0.5, 0.6) is 0 Å². The van der Waals surface area contributed by atoms with Crippen LogP contribution in [-0.4, -0.2) is 22.8 Å². The Morgan fingerprint density at radius 2 is 1.68 bits per heavy atom. The summed E-state index contributed by atoms with van der Waals surface area (Å²) in [7, 11) is 0. The van der Waals surface area contributed by atoms with Crippen LogP contribution in [0.3, 0.4) is 0 Å². The molecule has 0 fully saturated rings. The third kappa shape index (κ3) is 4.15. The Balaban J connectivity index is 2.06. The normalized spacial score (nSPS) is 11.8. The lowest BCUT2D eigenvalue weighted by Gasteiger charge is -2.21. The zero-order valence-electron chi connectivity index (χ0n) is 12.6. The van der Waals surface area contributed by atoms with Gasteiger partial charge < -0.3 is 10.6 Å². The van der Waals surface area contributed by atoms with Gasteiger partial charge in [0.05, 0.1) is 0 Å². The number of carbonyl (C=O) groups is 2. The van der Waals surface area contributed by atoms with E-state index >= 15 is 0 Å². The Morgan fingerprint density at radius 1 is 1.00 bits per heavy atom. The highest BCUT2D eigenvalue weighted by Crippen LogP contribution is 2.08. The van der Waals surface area contributed by atoms with Crippen molar-refractivity contribution in [1.29, 1.82) is 0 Å². The van der Waals surface area contributed by atoms with Crippen LogP contribution in [0.15, 0.2) is 54.7 Å². The predicted octanol–water partition coefficient (Wildman–Crippen LogP) is 2.47. The van der Waals surface area contributed by atoms with E-state index in [1.807, 2.05) is 19.9 Å². The summed E-state index contributed by atoms with van der Waals surface area (Å²) in [5.74, 6) is -0.128. The minimum absolute atomic E-state index is 0.0450. The third-order valence-corrected chi connectivity index (χ3v) is 3.19. The molecule has 2 amide bonds. The van der Waals surface area contributed by atoms with E-state index in [1.165, 1.54) is 0 Å². The van der Waals surface area contributed by atoms with Crippen LogP contribution in [0.1, 0.15) is 24.2 Å². The van der Waals surface area contributed by atoms with Crippen LogP contribution in [0.25, 0.3) is 0 Å². The lowest BCUT2D eigenvalue weighted by Crippen LogP contribution is -2.47. The van der Waals surface area contributed by atoms with Gasteiger partial charge in [-0.05, 0) is 30.2 Å². The first-order valence-corrected chi connectivity index (χ1v) is 7.15. The standard InChI is InChI=1S/C17H19N3O2/c1-12(2)15(17(22)19-14-10-6-7-11-18-14)20-16(21)13-8-4-3-5-9-13/h3-12,15H,1-2H3,(H,20,21)(H,18,19,22). The van der Waals surface area contributed by atoms with E-state index in [4.69, 9.17) is 0 Å². The second-order valence-corrected chi connectivity index (χ2v) is 5.27. The van der Waals surface area contributed by atoms with Gasteiger partial charge in [-0.25, -0.2) is 4.98 Å². The van der Waals surface area contributed by atoms with Crippen LogP contribution >= 0.6 is 0 Å². The Morgan fingerprint density at radius 3 is 2.27 bits per heavy atom. The number of carbonyl (C=O) groups excluding carboxylic acids is 2. The number of aromatic nitrogens is 1. The number of hydrogen-bond acceptors (Lipinski definition) is 3. The van der Waals surface area contributed by atoms with Gasteiger partial charge in [0, 0.05) is 11.8 Å². The molecule has 0 bridgehead atoms. The van der Waals surface area contributed by atoms with Gasteiger partial charge in [0.15, 0.2) is 0 Å². The molecule has 0 aliphatic carbocycles. The Hall–Kier alpha value is -2.69. The minimum Gasteiger partial charge on any atom is -0.340 e. The summed E-state index contributed by atoms with van der Waals surface area (Å²) in [6.07, 6.45) is 1.60. The molecule has 5 heteroatoms. The van der Waals surface area contributed by atoms with E-state index in [9.17, 15) is 9.59 Å². The Kier molecular flexibility index (Phi) is 5.25. The minimum atomic E-state index is -0.630. The van der Waals surface area contributed by atoms with Crippen molar-refractivity contribution in [2.24, 2.45) is 5.92 Å². The summed E-state index contributed by atoms with van der Waals surface area (Å²) in [6.45, 7) is 3.77. The molecule has 2 aromatic rings. The van der Waals surface area contributed by atoms with Crippen molar-refractivity contribution >= 4 is 17.6 Å². The lowest BCUT2D eigenvalue weighted by atomic mass is 10.0. The van der Waals surface area contributed by atoms with Crippen molar-refractivity contribution < 1.29 is 9.59 Å². The molecular formula is C17H19N3O2. The molecule has 1 aromatic heterocycles. The van der Waals surface area contributed by atoms with E-state index in [-0.39, 0.29) is 17.7 Å². The van der Waals surface area contributed by atoms with Crippen molar-refractivity contribution in [1.82, 2.24) is 10.3 Å². The summed E-state index contributed by atoms with van der Waals surface area (Å²) >= 11 is 0. The first-order chi connectivity index (χ1) is 10.6. The van der Waals surface area contributed by atoms with Crippen LogP contribution < -0.4 is 10.6 Å². The maximum atomic E-state index is 12.4. The second kappa shape index (κ2) is 7.36. The topological polar surface area (TPSA) is 71.1 Å². The van der Waals surface area contributed by atoms with E-state index in [0.29, 0.717) is 11.4 Å². The monoisotopic (exact) mass is 297 g/mol. The molecule has 114 valence electrons. The fraction of sp³-hybridized carbons (Fsp3) is 0.235. The van der Waals surface area contributed by atoms with E-state index in [0.717, 1.165) is 0 Å². The quantitative estimate of drug-likeness (QED) is 0.890. The number of benzene rings is 1. The average Bonchev–Trinajstić information content (AvgIpc) is 2.53. The van der Waals surface area contributed by atoms with Crippen molar-refractivity contribution in [2.75, 3.05) is 5.32 Å². The molecule has 0 spiro atoms. The fourth-order valence-electron chi connectivity index (χ4n) is 1.99. The molecule has 2 rings (SSSR count). The molecule has 1 aromatic carbocycles. The van der Waals surface area contributed by atoms with E-state index < -0.39 is 6.04 Å². The van der Waals surface area contributed by atoms with E-state index in [2.05, 4.69) is 15.6 Å².